The van der Waals surface area contributed by atoms with E-state index in [1.165, 1.54) is 32.6 Å². The van der Waals surface area contributed by atoms with Gasteiger partial charge in [0.1, 0.15) is 0 Å². The summed E-state index contributed by atoms with van der Waals surface area (Å²) < 4.78 is 0. The first-order valence-electron chi connectivity index (χ1n) is 5.19. The van der Waals surface area contributed by atoms with Gasteiger partial charge >= 0.3 is 0 Å². The van der Waals surface area contributed by atoms with Crippen molar-refractivity contribution in [1.82, 2.24) is 10.2 Å². The maximum absolute atomic E-state index is 3.57. The Hall–Kier alpha value is -0.0800. The number of hydrogen-bond acceptors (Lipinski definition) is 2. The lowest BCUT2D eigenvalue weighted by Crippen LogP contribution is -2.52. The number of piperazine rings is 1. The summed E-state index contributed by atoms with van der Waals surface area (Å²) in [5.41, 5.74) is 0. The molecule has 12 heavy (non-hydrogen) atoms. The van der Waals surface area contributed by atoms with E-state index >= 15 is 0 Å². The summed E-state index contributed by atoms with van der Waals surface area (Å²) in [6.07, 6.45) is 1.28. The largest absolute Gasteiger partial charge is 0.311 e. The monoisotopic (exact) mass is 170 g/mol. The second kappa shape index (κ2) is 4.83. The van der Waals surface area contributed by atoms with Crippen molar-refractivity contribution in [1.29, 1.82) is 0 Å². The highest BCUT2D eigenvalue weighted by Crippen LogP contribution is 2.07. The first-order chi connectivity index (χ1) is 5.74. The van der Waals surface area contributed by atoms with Gasteiger partial charge in [0, 0.05) is 25.7 Å². The van der Waals surface area contributed by atoms with Crippen LogP contribution in [0.1, 0.15) is 27.2 Å². The molecule has 0 radical (unpaired) electrons. The van der Waals surface area contributed by atoms with Crippen molar-refractivity contribution < 1.29 is 0 Å². The van der Waals surface area contributed by atoms with Crippen LogP contribution in [0.5, 0.6) is 0 Å². The van der Waals surface area contributed by atoms with Gasteiger partial charge in [0.05, 0.1) is 0 Å². The van der Waals surface area contributed by atoms with Gasteiger partial charge in [-0.25, -0.2) is 0 Å². The minimum atomic E-state index is 0.713. The molecular formula is C10H22N2. The van der Waals surface area contributed by atoms with Crippen molar-refractivity contribution in [3.63, 3.8) is 0 Å². The first-order valence-corrected chi connectivity index (χ1v) is 5.19. The fourth-order valence-electron chi connectivity index (χ4n) is 1.81. The Bertz CT molecular complexity index is 121. The predicted octanol–water partition coefficient (Wildman–Crippen LogP) is 1.33. The Morgan fingerprint density at radius 1 is 1.50 bits per heavy atom. The number of rotatable bonds is 3. The maximum atomic E-state index is 3.57. The number of nitrogens with zero attached hydrogens (tertiary/aromatic N) is 1. The van der Waals surface area contributed by atoms with Crippen LogP contribution in [-0.4, -0.2) is 37.1 Å². The molecule has 1 unspecified atom stereocenters. The Morgan fingerprint density at radius 2 is 2.25 bits per heavy atom. The molecule has 0 amide bonds. The summed E-state index contributed by atoms with van der Waals surface area (Å²) in [5.74, 6) is 0.768. The summed E-state index contributed by atoms with van der Waals surface area (Å²) in [6.45, 7) is 11.8. The van der Waals surface area contributed by atoms with Crippen LogP contribution in [0.3, 0.4) is 0 Å². The zero-order valence-electron chi connectivity index (χ0n) is 8.64. The average Bonchev–Trinajstić information content (AvgIpc) is 2.05. The average molecular weight is 170 g/mol. The number of nitrogens with one attached hydrogen (secondary N) is 1. The molecule has 0 saturated carbocycles. The Balaban J connectivity index is 2.30. The van der Waals surface area contributed by atoms with Gasteiger partial charge in [0.15, 0.2) is 0 Å². The molecule has 1 saturated heterocycles. The van der Waals surface area contributed by atoms with Gasteiger partial charge in [-0.05, 0) is 18.9 Å². The van der Waals surface area contributed by atoms with E-state index in [1.807, 2.05) is 0 Å². The highest BCUT2D eigenvalue weighted by atomic mass is 15.2. The third-order valence-corrected chi connectivity index (χ3v) is 2.63. The summed E-state index contributed by atoms with van der Waals surface area (Å²) in [5, 5.41) is 3.57. The minimum absolute atomic E-state index is 0.713. The van der Waals surface area contributed by atoms with E-state index in [1.54, 1.807) is 0 Å². The maximum Gasteiger partial charge on any atom is 0.0218 e. The lowest BCUT2D eigenvalue weighted by atomic mass is 10.0. The van der Waals surface area contributed by atoms with Gasteiger partial charge in [0.2, 0.25) is 0 Å². The molecule has 0 aromatic heterocycles. The molecule has 72 valence electrons. The van der Waals surface area contributed by atoms with E-state index < -0.39 is 0 Å². The SMILES string of the molecule is CCCN1CCNC(C(C)C)C1. The topological polar surface area (TPSA) is 15.3 Å². The van der Waals surface area contributed by atoms with Crippen molar-refractivity contribution in [3.8, 4) is 0 Å². The zero-order chi connectivity index (χ0) is 8.97. The van der Waals surface area contributed by atoms with E-state index in [0.29, 0.717) is 6.04 Å². The molecule has 0 aromatic rings. The van der Waals surface area contributed by atoms with E-state index in [0.717, 1.165) is 5.92 Å². The molecule has 1 atom stereocenters. The van der Waals surface area contributed by atoms with Gasteiger partial charge in [0.25, 0.3) is 0 Å². The molecule has 1 aliphatic rings. The number of hydrogen-bond donors (Lipinski definition) is 1. The van der Waals surface area contributed by atoms with Gasteiger partial charge in [-0.15, -0.1) is 0 Å². The quantitative estimate of drug-likeness (QED) is 0.687. The molecule has 1 fully saturated rings. The van der Waals surface area contributed by atoms with E-state index in [-0.39, 0.29) is 0 Å². The third kappa shape index (κ3) is 2.76. The van der Waals surface area contributed by atoms with Crippen LogP contribution in [-0.2, 0) is 0 Å². The zero-order valence-corrected chi connectivity index (χ0v) is 8.64. The first kappa shape index (κ1) is 10.0. The summed E-state index contributed by atoms with van der Waals surface area (Å²) in [6, 6.07) is 0.713. The molecule has 1 heterocycles. The van der Waals surface area contributed by atoms with Crippen molar-refractivity contribution >= 4 is 0 Å². The lowest BCUT2D eigenvalue weighted by molar-refractivity contribution is 0.175. The van der Waals surface area contributed by atoms with Crippen molar-refractivity contribution in [2.45, 2.75) is 33.2 Å². The van der Waals surface area contributed by atoms with Crippen LogP contribution in [0.4, 0.5) is 0 Å². The highest BCUT2D eigenvalue weighted by molar-refractivity contribution is 4.80. The van der Waals surface area contributed by atoms with Crippen LogP contribution >= 0.6 is 0 Å². The van der Waals surface area contributed by atoms with Gasteiger partial charge < -0.3 is 10.2 Å². The second-order valence-corrected chi connectivity index (χ2v) is 4.11. The molecular weight excluding hydrogens is 148 g/mol. The molecule has 1 N–H and O–H groups in total. The van der Waals surface area contributed by atoms with Crippen LogP contribution < -0.4 is 5.32 Å². The predicted molar refractivity (Wildman–Crippen MR) is 53.4 cm³/mol. The molecule has 0 aliphatic carbocycles. The molecule has 0 bridgehead atoms. The molecule has 0 spiro atoms. The van der Waals surface area contributed by atoms with Crippen LogP contribution in [0.25, 0.3) is 0 Å². The van der Waals surface area contributed by atoms with Crippen molar-refractivity contribution in [3.05, 3.63) is 0 Å². The Labute approximate surface area is 76.3 Å². The van der Waals surface area contributed by atoms with Gasteiger partial charge in [-0.2, -0.15) is 0 Å². The fraction of sp³-hybridized carbons (Fsp3) is 1.00. The molecule has 1 aliphatic heterocycles. The van der Waals surface area contributed by atoms with Crippen molar-refractivity contribution in [2.24, 2.45) is 5.92 Å². The summed E-state index contributed by atoms with van der Waals surface area (Å²) in [4.78, 5) is 2.57. The molecule has 2 nitrogen and oxygen atoms in total. The van der Waals surface area contributed by atoms with Crippen molar-refractivity contribution in [2.75, 3.05) is 26.2 Å². The van der Waals surface area contributed by atoms with Crippen LogP contribution in [0, 0.1) is 5.92 Å². The fourth-order valence-corrected chi connectivity index (χ4v) is 1.81. The van der Waals surface area contributed by atoms with Gasteiger partial charge in [-0.3, -0.25) is 0 Å². The minimum Gasteiger partial charge on any atom is -0.311 e. The smallest absolute Gasteiger partial charge is 0.0218 e. The third-order valence-electron chi connectivity index (χ3n) is 2.63. The summed E-state index contributed by atoms with van der Waals surface area (Å²) >= 11 is 0. The second-order valence-electron chi connectivity index (χ2n) is 4.11. The normalized spacial score (nSPS) is 26.5. The highest BCUT2D eigenvalue weighted by Gasteiger charge is 2.20. The van der Waals surface area contributed by atoms with E-state index in [4.69, 9.17) is 0 Å². The standard InChI is InChI=1S/C10H22N2/c1-4-6-12-7-5-11-10(8-12)9(2)3/h9-11H,4-8H2,1-3H3. The Morgan fingerprint density at radius 3 is 2.83 bits per heavy atom. The molecule has 0 aromatic carbocycles. The van der Waals surface area contributed by atoms with Crippen LogP contribution in [0.2, 0.25) is 0 Å². The van der Waals surface area contributed by atoms with E-state index in [2.05, 4.69) is 31.0 Å². The van der Waals surface area contributed by atoms with Gasteiger partial charge in [-0.1, -0.05) is 20.8 Å². The molecule has 1 rings (SSSR count). The lowest BCUT2D eigenvalue weighted by Gasteiger charge is -2.35. The summed E-state index contributed by atoms with van der Waals surface area (Å²) in [7, 11) is 0. The Kier molecular flexibility index (Phi) is 4.02. The van der Waals surface area contributed by atoms with Crippen LogP contribution in [0.15, 0.2) is 0 Å². The molecule has 2 heteroatoms. The van der Waals surface area contributed by atoms with E-state index in [9.17, 15) is 0 Å².